The van der Waals surface area contributed by atoms with Crippen LogP contribution in [0.5, 0.6) is 0 Å². The van der Waals surface area contributed by atoms with Crippen LogP contribution >= 0.6 is 0 Å². The molecule has 18 N–H and O–H groups in total. The average Bonchev–Trinajstić information content (AvgIpc) is 3.42. The second kappa shape index (κ2) is 26.7. The first-order chi connectivity index (χ1) is 36.1. The van der Waals surface area contributed by atoms with E-state index >= 15 is 0 Å². The number of carbonyl (C=O) groups is 1. The van der Waals surface area contributed by atoms with Crippen LogP contribution in [0, 0.1) is 0 Å². The molecule has 22 aliphatic heterocycles. The van der Waals surface area contributed by atoms with Crippen molar-refractivity contribution in [2.45, 2.75) is 197 Å². The molecule has 33 heteroatoms. The van der Waals surface area contributed by atoms with Gasteiger partial charge >= 0.3 is 5.97 Å². The van der Waals surface area contributed by atoms with Gasteiger partial charge in [-0.2, -0.15) is 0 Å². The minimum Gasteiger partial charge on any atom is -0.460 e. The number of carbonyl (C=O) groups excluding carboxylic acids is 1. The van der Waals surface area contributed by atoms with E-state index < -0.39 is 249 Å². The first-order valence-electron chi connectivity index (χ1n) is 24.2. The number of aliphatic hydroxyl groups is 18. The summed E-state index contributed by atoms with van der Waals surface area (Å²) in [5.41, 5.74) is -0.0209. The Labute approximate surface area is 430 Å². The van der Waals surface area contributed by atoms with E-state index in [2.05, 4.69) is 6.58 Å². The molecule has 440 valence electrons. The molecule has 0 aromatic rings. The SMILES string of the molecule is C=C(C)C(=O)OCC(O)CO[C@@H]1[C@@H](O)[C@H]2O[C@H]3[C@H](O)[C@@H](O)[C@@H](O[C@H]4[C@H](O)[C@@H](O)[C@@H](O[C@H]5[C@H](O)[C@@H](O)[C@@H](O[C@H]6[C@H](O)[C@@H](O)[C@@H](O[C@H]7[C@H](O)[C@@H](O)[C@@H](O[C@H]1[C@@H](CO)O2)O[C@@H]7CO)O[C@@H]6CO)O[C@@H]5CO)O[C@@H]4CO)O[C@@H]3CO. The normalized spacial score (nSPS) is 49.9. The van der Waals surface area contributed by atoms with Gasteiger partial charge in [-0.15, -0.1) is 0 Å². The Bertz CT molecular complexity index is 1830. The molecule has 0 aromatic heterocycles. The van der Waals surface area contributed by atoms with Crippen molar-refractivity contribution in [1.82, 2.24) is 0 Å². The van der Waals surface area contributed by atoms with Crippen LogP contribution in [0.3, 0.4) is 0 Å². The van der Waals surface area contributed by atoms with E-state index in [1.807, 2.05) is 0 Å². The average molecular weight is 1120 g/mol. The minimum absolute atomic E-state index is 0.0209. The summed E-state index contributed by atoms with van der Waals surface area (Å²) in [7, 11) is 0. The highest BCUT2D eigenvalue weighted by Crippen LogP contribution is 2.38. The fourth-order valence-electron chi connectivity index (χ4n) is 9.67. The Kier molecular flexibility index (Phi) is 21.6. The number of rotatable bonds is 12. The lowest BCUT2D eigenvalue weighted by Gasteiger charge is -2.51. The smallest absolute Gasteiger partial charge is 0.333 e. The van der Waals surface area contributed by atoms with Crippen molar-refractivity contribution in [1.29, 1.82) is 0 Å². The molecule has 0 spiro atoms. The van der Waals surface area contributed by atoms with Gasteiger partial charge < -0.3 is 158 Å². The lowest BCUT2D eigenvalue weighted by Crippen LogP contribution is -2.69. The van der Waals surface area contributed by atoms with E-state index in [0.29, 0.717) is 0 Å². The van der Waals surface area contributed by atoms with E-state index in [1.54, 1.807) is 0 Å². The van der Waals surface area contributed by atoms with Crippen molar-refractivity contribution in [3.05, 3.63) is 12.2 Å². The molecule has 76 heavy (non-hydrogen) atoms. The molecular formula is C43H70O33. The number of hydrogen-bond donors (Lipinski definition) is 18. The highest BCUT2D eigenvalue weighted by molar-refractivity contribution is 5.86. The summed E-state index contributed by atoms with van der Waals surface area (Å²) in [5.74, 6) is -0.888. The highest BCUT2D eigenvalue weighted by Gasteiger charge is 2.59. The zero-order valence-electron chi connectivity index (χ0n) is 40.4. The predicted molar refractivity (Wildman–Crippen MR) is 231 cm³/mol. The van der Waals surface area contributed by atoms with Gasteiger partial charge in [-0.25, -0.2) is 4.79 Å². The molecule has 22 saturated heterocycles. The second-order valence-electron chi connectivity index (χ2n) is 19.2. The molecule has 0 aliphatic carbocycles. The lowest BCUT2D eigenvalue weighted by atomic mass is 9.94. The summed E-state index contributed by atoms with van der Waals surface area (Å²) in [6.45, 7) is -2.93. The van der Waals surface area contributed by atoms with Crippen molar-refractivity contribution >= 4 is 5.97 Å². The van der Waals surface area contributed by atoms with Gasteiger partial charge in [0.2, 0.25) is 0 Å². The zero-order chi connectivity index (χ0) is 55.6. The molecule has 0 radical (unpaired) electrons. The van der Waals surface area contributed by atoms with Crippen molar-refractivity contribution in [2.24, 2.45) is 0 Å². The molecule has 1 unspecified atom stereocenters. The van der Waals surface area contributed by atoms with Crippen LogP contribution < -0.4 is 0 Å². The Morgan fingerprint density at radius 2 is 0.618 bits per heavy atom. The second-order valence-corrected chi connectivity index (χ2v) is 19.2. The third-order valence-electron chi connectivity index (χ3n) is 13.9. The summed E-state index contributed by atoms with van der Waals surface area (Å²) < 4.78 is 80.0. The first kappa shape index (κ1) is 61.6. The van der Waals surface area contributed by atoms with Crippen molar-refractivity contribution < 1.29 is 163 Å². The number of hydrogen-bond acceptors (Lipinski definition) is 33. The lowest BCUT2D eigenvalue weighted by molar-refractivity contribution is -0.405. The largest absolute Gasteiger partial charge is 0.460 e. The van der Waals surface area contributed by atoms with Gasteiger partial charge in [0.25, 0.3) is 0 Å². The topological polar surface area (TPSA) is 510 Å². The highest BCUT2D eigenvalue weighted by atomic mass is 16.8. The van der Waals surface area contributed by atoms with E-state index in [9.17, 15) is 96.7 Å². The molecule has 22 heterocycles. The van der Waals surface area contributed by atoms with Crippen LogP contribution in [-0.4, -0.2) is 341 Å². The van der Waals surface area contributed by atoms with Crippen LogP contribution in [0.25, 0.3) is 0 Å². The van der Waals surface area contributed by atoms with Gasteiger partial charge in [0.1, 0.15) is 159 Å². The first-order valence-corrected chi connectivity index (χ1v) is 24.2. The van der Waals surface area contributed by atoms with Crippen LogP contribution in [0.1, 0.15) is 6.92 Å². The number of aliphatic hydroxyl groups excluding tert-OH is 18. The Morgan fingerprint density at radius 3 is 0.868 bits per heavy atom. The van der Waals surface area contributed by atoms with Gasteiger partial charge in [-0.3, -0.25) is 0 Å². The van der Waals surface area contributed by atoms with Crippen molar-refractivity contribution in [3.63, 3.8) is 0 Å². The summed E-state index contributed by atoms with van der Waals surface area (Å²) in [5, 5.41) is 199. The van der Waals surface area contributed by atoms with E-state index in [0.717, 1.165) is 0 Å². The maximum absolute atomic E-state index is 12.0. The van der Waals surface area contributed by atoms with E-state index in [4.69, 9.17) is 66.3 Å². The molecule has 22 fully saturated rings. The van der Waals surface area contributed by atoms with Crippen LogP contribution in [-0.2, 0) is 71.1 Å². The molecule has 0 aromatic carbocycles. The van der Waals surface area contributed by atoms with Crippen LogP contribution in [0.15, 0.2) is 12.2 Å². The van der Waals surface area contributed by atoms with Gasteiger partial charge in [-0.05, 0) is 6.92 Å². The predicted octanol–water partition coefficient (Wildman–Crippen LogP) is -12.6. The summed E-state index contributed by atoms with van der Waals surface area (Å²) in [6, 6.07) is 0. The van der Waals surface area contributed by atoms with Crippen LogP contribution in [0.4, 0.5) is 0 Å². The molecule has 12 bridgehead atoms. The fourth-order valence-corrected chi connectivity index (χ4v) is 9.67. The van der Waals surface area contributed by atoms with Gasteiger partial charge in [0, 0.05) is 5.57 Å². The molecule has 0 saturated carbocycles. The summed E-state index contributed by atoms with van der Waals surface area (Å²) in [6.07, 6.45) is -61.3. The van der Waals surface area contributed by atoms with Gasteiger partial charge in [0.15, 0.2) is 37.7 Å². The van der Waals surface area contributed by atoms with E-state index in [-0.39, 0.29) is 5.57 Å². The fraction of sp³-hybridized carbons (Fsp3) is 0.930. The standard InChI is InChI=1S/C43H70O33/c1-11(2)37(62)64-10-12(50)9-63-36-29(61)43-70-18(8-49)35(36)76-42-28(60)23(55)33(16(6-47)69-42)74-40-26(58)21(53)31(14(4-45)67-40)72-38-24(56)19(51)30(13(3-44)65-38)71-39-25(57)20(52)32(15(5-46)66-39)73-41-27(59)22(54)34(75-43)17(7-48)68-41/h12-36,38-61H,1,3-10H2,2H3/t12?,13-,14-,15-,16-,17-,18-,19-,20-,21-,22-,23-,24-,25-,26-,27-,28-,29-,30-,31-,32-,33-,34-,35+,36-,38-,39-,40-,41-,42-,43-/m1/s1. The van der Waals surface area contributed by atoms with Crippen molar-refractivity contribution in [2.75, 3.05) is 52.9 Å². The zero-order valence-corrected chi connectivity index (χ0v) is 40.4. The number of esters is 1. The Balaban J connectivity index is 1.22. The molecular weight excluding hydrogens is 1040 g/mol. The third-order valence-corrected chi connectivity index (χ3v) is 13.9. The molecule has 0 amide bonds. The third kappa shape index (κ3) is 12.8. The molecule has 22 rings (SSSR count). The van der Waals surface area contributed by atoms with E-state index in [1.165, 1.54) is 6.92 Å². The molecule has 31 atom stereocenters. The Hall–Kier alpha value is -2.03. The molecule has 33 nitrogen and oxygen atoms in total. The molecule has 22 aliphatic rings. The van der Waals surface area contributed by atoms with Crippen molar-refractivity contribution in [3.8, 4) is 0 Å². The maximum Gasteiger partial charge on any atom is 0.333 e. The van der Waals surface area contributed by atoms with Gasteiger partial charge in [0.05, 0.1) is 46.2 Å². The van der Waals surface area contributed by atoms with Crippen LogP contribution in [0.2, 0.25) is 0 Å². The number of ether oxygens (including phenoxy) is 14. The summed E-state index contributed by atoms with van der Waals surface area (Å²) >= 11 is 0. The summed E-state index contributed by atoms with van der Waals surface area (Å²) in [4.78, 5) is 12.0. The maximum atomic E-state index is 12.0. The monoisotopic (exact) mass is 1110 g/mol. The minimum atomic E-state index is -2.22. The van der Waals surface area contributed by atoms with Gasteiger partial charge in [-0.1, -0.05) is 6.58 Å². The Morgan fingerprint density at radius 1 is 0.382 bits per heavy atom. The quantitative estimate of drug-likeness (QED) is 0.0637.